The molecule has 8 nitrogen and oxygen atoms in total. The highest BCUT2D eigenvalue weighted by molar-refractivity contribution is 5.72. The van der Waals surface area contributed by atoms with E-state index in [1.807, 2.05) is 0 Å². The van der Waals surface area contributed by atoms with Crippen molar-refractivity contribution in [2.75, 3.05) is 12.3 Å². The van der Waals surface area contributed by atoms with Crippen LogP contribution in [0.25, 0.3) is 11.2 Å². The van der Waals surface area contributed by atoms with Crippen LogP contribution in [0.2, 0.25) is 0 Å². The van der Waals surface area contributed by atoms with Crippen LogP contribution in [-0.2, 0) is 16.1 Å². The molecule has 0 amide bonds. The summed E-state index contributed by atoms with van der Waals surface area (Å²) >= 11 is 0. The molecule has 2 aromatic rings. The summed E-state index contributed by atoms with van der Waals surface area (Å²) in [6.45, 7) is 2.38. The highest BCUT2D eigenvalue weighted by atomic mass is 16.5. The molecule has 0 radical (unpaired) electrons. The third-order valence-corrected chi connectivity index (χ3v) is 2.36. The number of ether oxygens (including phenoxy) is 1. The van der Waals surface area contributed by atoms with Crippen molar-refractivity contribution in [3.63, 3.8) is 0 Å². The number of hydrogen-bond donors (Lipinski definition) is 2. The second kappa shape index (κ2) is 4.86. The van der Waals surface area contributed by atoms with Crippen molar-refractivity contribution >= 4 is 23.1 Å². The summed E-state index contributed by atoms with van der Waals surface area (Å²) in [4.78, 5) is 33.2. The Balaban J connectivity index is 2.25. The lowest BCUT2D eigenvalue weighted by Gasteiger charge is -2.03. The first-order valence-electron chi connectivity index (χ1n) is 5.48. The average Bonchev–Trinajstić information content (AvgIpc) is 2.70. The third kappa shape index (κ3) is 2.31. The monoisotopic (exact) mass is 251 g/mol. The van der Waals surface area contributed by atoms with Crippen molar-refractivity contribution < 1.29 is 9.53 Å². The first-order valence-corrected chi connectivity index (χ1v) is 5.48. The Morgan fingerprint density at radius 3 is 3.11 bits per heavy atom. The maximum absolute atomic E-state index is 11.7. The fraction of sp³-hybridized carbons (Fsp3) is 0.400. The predicted octanol–water partition coefficient (Wildman–Crippen LogP) is -0.345. The summed E-state index contributed by atoms with van der Waals surface area (Å²) in [6, 6.07) is 0. The lowest BCUT2D eigenvalue weighted by Crippen LogP contribution is -2.15. The Labute approximate surface area is 102 Å². The number of nitrogens with zero attached hydrogens (tertiary/aromatic N) is 3. The fourth-order valence-electron chi connectivity index (χ4n) is 1.62. The minimum atomic E-state index is -0.376. The fourth-order valence-corrected chi connectivity index (χ4v) is 1.62. The van der Waals surface area contributed by atoms with Gasteiger partial charge in [0.15, 0.2) is 11.2 Å². The minimum Gasteiger partial charge on any atom is -0.466 e. The van der Waals surface area contributed by atoms with Crippen LogP contribution in [0.5, 0.6) is 0 Å². The number of aryl methyl sites for hydroxylation is 1. The summed E-state index contributed by atoms with van der Waals surface area (Å²) in [6.07, 6.45) is 1.62. The summed E-state index contributed by atoms with van der Waals surface area (Å²) in [5.74, 6) is -0.303. The van der Waals surface area contributed by atoms with Crippen LogP contribution in [0, 0.1) is 0 Å². The minimum absolute atomic E-state index is 0.0168. The molecule has 3 N–H and O–H groups in total. The molecule has 2 aromatic heterocycles. The first kappa shape index (κ1) is 12.1. The second-order valence-corrected chi connectivity index (χ2v) is 3.62. The highest BCUT2D eigenvalue weighted by Crippen LogP contribution is 2.06. The SMILES string of the molecule is CCOC(=O)CCn1cnc2nc(N)[nH]c(=O)c21. The zero-order valence-electron chi connectivity index (χ0n) is 9.84. The van der Waals surface area contributed by atoms with E-state index in [4.69, 9.17) is 10.5 Å². The topological polar surface area (TPSA) is 116 Å². The number of nitrogens with two attached hydrogens (primary N) is 1. The molecule has 0 aliphatic carbocycles. The number of nitrogen functional groups attached to an aromatic ring is 1. The van der Waals surface area contributed by atoms with Crippen molar-refractivity contribution in [3.05, 3.63) is 16.7 Å². The average molecular weight is 251 g/mol. The van der Waals surface area contributed by atoms with Gasteiger partial charge in [0.1, 0.15) is 0 Å². The van der Waals surface area contributed by atoms with Gasteiger partial charge in [-0.25, -0.2) is 4.98 Å². The molecule has 96 valence electrons. The second-order valence-electron chi connectivity index (χ2n) is 3.62. The van der Waals surface area contributed by atoms with Crippen LogP contribution >= 0.6 is 0 Å². The maximum Gasteiger partial charge on any atom is 0.307 e. The van der Waals surface area contributed by atoms with Crippen LogP contribution in [0.15, 0.2) is 11.1 Å². The molecule has 0 bridgehead atoms. The number of rotatable bonds is 4. The molecule has 18 heavy (non-hydrogen) atoms. The molecule has 0 aliphatic rings. The van der Waals surface area contributed by atoms with Gasteiger partial charge in [0.25, 0.3) is 5.56 Å². The van der Waals surface area contributed by atoms with Gasteiger partial charge in [-0.3, -0.25) is 14.6 Å². The third-order valence-electron chi connectivity index (χ3n) is 2.36. The lowest BCUT2D eigenvalue weighted by molar-refractivity contribution is -0.143. The van der Waals surface area contributed by atoms with Gasteiger partial charge in [-0.15, -0.1) is 0 Å². The summed E-state index contributed by atoms with van der Waals surface area (Å²) in [5, 5.41) is 0. The number of carbonyl (C=O) groups excluding carboxylic acids is 1. The standard InChI is InChI=1S/C10H13N5O3/c1-2-18-6(16)3-4-15-5-12-8-7(15)9(17)14-10(11)13-8/h5H,2-4H2,1H3,(H3,11,13,14,17). The molecule has 0 aromatic carbocycles. The van der Waals surface area contributed by atoms with Gasteiger partial charge in [-0.1, -0.05) is 0 Å². The molecular formula is C10H13N5O3. The number of fused-ring (bicyclic) bond motifs is 1. The number of nitrogens with one attached hydrogen (secondary N) is 1. The molecule has 8 heteroatoms. The van der Waals surface area contributed by atoms with Crippen LogP contribution in [0.4, 0.5) is 5.95 Å². The quantitative estimate of drug-likeness (QED) is 0.718. The van der Waals surface area contributed by atoms with Crippen LogP contribution in [0.1, 0.15) is 13.3 Å². The first-order chi connectivity index (χ1) is 8.61. The van der Waals surface area contributed by atoms with Crippen molar-refractivity contribution in [1.29, 1.82) is 0 Å². The number of aromatic nitrogens is 4. The van der Waals surface area contributed by atoms with Gasteiger partial charge in [0.05, 0.1) is 19.4 Å². The van der Waals surface area contributed by atoms with E-state index in [9.17, 15) is 9.59 Å². The largest absolute Gasteiger partial charge is 0.466 e. The molecule has 0 saturated carbocycles. The van der Waals surface area contributed by atoms with E-state index >= 15 is 0 Å². The van der Waals surface area contributed by atoms with E-state index in [1.54, 1.807) is 11.5 Å². The highest BCUT2D eigenvalue weighted by Gasteiger charge is 2.10. The van der Waals surface area contributed by atoms with E-state index < -0.39 is 0 Å². The van der Waals surface area contributed by atoms with Gasteiger partial charge in [0.2, 0.25) is 5.95 Å². The molecule has 2 heterocycles. The number of imidazole rings is 1. The number of anilines is 1. The normalized spacial score (nSPS) is 10.7. The predicted molar refractivity (Wildman–Crippen MR) is 63.8 cm³/mol. The number of carbonyl (C=O) groups is 1. The lowest BCUT2D eigenvalue weighted by atomic mass is 10.4. The van der Waals surface area contributed by atoms with E-state index in [0.717, 1.165) is 0 Å². The number of hydrogen-bond acceptors (Lipinski definition) is 6. The Kier molecular flexibility index (Phi) is 3.26. The van der Waals surface area contributed by atoms with Gasteiger partial charge in [-0.05, 0) is 6.92 Å². The smallest absolute Gasteiger partial charge is 0.307 e. The summed E-state index contributed by atoms with van der Waals surface area (Å²) in [7, 11) is 0. The molecule has 2 rings (SSSR count). The molecule has 0 unspecified atom stereocenters. The van der Waals surface area contributed by atoms with Crippen LogP contribution in [-0.4, -0.2) is 32.1 Å². The van der Waals surface area contributed by atoms with Gasteiger partial charge < -0.3 is 15.0 Å². The molecular weight excluding hydrogens is 238 g/mol. The maximum atomic E-state index is 11.7. The Bertz CT molecular complexity index is 630. The Morgan fingerprint density at radius 2 is 2.39 bits per heavy atom. The summed E-state index contributed by atoms with van der Waals surface area (Å²) < 4.78 is 6.36. The molecule has 0 spiro atoms. The van der Waals surface area contributed by atoms with E-state index in [2.05, 4.69) is 15.0 Å². The molecule has 0 fully saturated rings. The van der Waals surface area contributed by atoms with Gasteiger partial charge >= 0.3 is 5.97 Å². The zero-order chi connectivity index (χ0) is 13.1. The van der Waals surface area contributed by atoms with E-state index in [-0.39, 0.29) is 29.5 Å². The van der Waals surface area contributed by atoms with Crippen molar-refractivity contribution in [2.45, 2.75) is 19.9 Å². The molecule has 0 atom stereocenters. The van der Waals surface area contributed by atoms with Gasteiger partial charge in [-0.2, -0.15) is 4.98 Å². The van der Waals surface area contributed by atoms with Crippen molar-refractivity contribution in [1.82, 2.24) is 19.5 Å². The number of esters is 1. The van der Waals surface area contributed by atoms with Crippen molar-refractivity contribution in [2.24, 2.45) is 0 Å². The Hall–Kier alpha value is -2.38. The number of aromatic amines is 1. The van der Waals surface area contributed by atoms with Gasteiger partial charge in [0, 0.05) is 6.54 Å². The van der Waals surface area contributed by atoms with Crippen LogP contribution < -0.4 is 11.3 Å². The van der Waals surface area contributed by atoms with E-state index in [0.29, 0.717) is 18.7 Å². The van der Waals surface area contributed by atoms with Crippen molar-refractivity contribution in [3.8, 4) is 0 Å². The molecule has 0 saturated heterocycles. The summed E-state index contributed by atoms with van der Waals surface area (Å²) in [5.41, 5.74) is 5.59. The number of H-pyrrole nitrogens is 1. The zero-order valence-corrected chi connectivity index (χ0v) is 9.84. The Morgan fingerprint density at radius 1 is 1.61 bits per heavy atom. The molecule has 0 aliphatic heterocycles. The van der Waals surface area contributed by atoms with E-state index in [1.165, 1.54) is 6.33 Å². The van der Waals surface area contributed by atoms with Crippen LogP contribution in [0.3, 0.4) is 0 Å².